The maximum Gasteiger partial charge on any atom is 0.333 e. The Labute approximate surface area is 210 Å². The van der Waals surface area contributed by atoms with Gasteiger partial charge in [-0.2, -0.15) is 0 Å². The van der Waals surface area contributed by atoms with Crippen LogP contribution in [0.5, 0.6) is 0 Å². The van der Waals surface area contributed by atoms with Crippen LogP contribution >= 0.6 is 11.3 Å². The Balaban J connectivity index is 1.39. The summed E-state index contributed by atoms with van der Waals surface area (Å²) in [5, 5.41) is 6.01. The zero-order valence-electron chi connectivity index (χ0n) is 19.3. The summed E-state index contributed by atoms with van der Waals surface area (Å²) in [6.07, 6.45) is 2.23. The molecule has 0 spiro atoms. The molecule has 0 aliphatic heterocycles. The molecule has 0 bridgehead atoms. The highest BCUT2D eigenvalue weighted by Crippen LogP contribution is 2.26. The Bertz CT molecular complexity index is 1680. The van der Waals surface area contributed by atoms with Gasteiger partial charge in [-0.3, -0.25) is 9.36 Å². The van der Waals surface area contributed by atoms with Gasteiger partial charge in [0.2, 0.25) is 0 Å². The molecule has 12 heteroatoms. The molecular formula is C24H22FN5O4S2. The number of sulfonamides is 1. The van der Waals surface area contributed by atoms with Gasteiger partial charge < -0.3 is 10.6 Å². The number of fused-ring (bicyclic) bond motifs is 1. The summed E-state index contributed by atoms with van der Waals surface area (Å²) in [6.45, 7) is 3.35. The highest BCUT2D eigenvalue weighted by molar-refractivity contribution is 7.92. The quantitative estimate of drug-likeness (QED) is 0.344. The summed E-state index contributed by atoms with van der Waals surface area (Å²) >= 11 is 1.02. The van der Waals surface area contributed by atoms with Gasteiger partial charge in [-0.25, -0.2) is 27.3 Å². The molecule has 2 amide bonds. The van der Waals surface area contributed by atoms with Crippen molar-refractivity contribution in [3.05, 3.63) is 75.4 Å². The second-order valence-corrected chi connectivity index (χ2v) is 11.7. The van der Waals surface area contributed by atoms with E-state index in [0.29, 0.717) is 22.8 Å². The lowest BCUT2D eigenvalue weighted by atomic mass is 10.2. The molecule has 9 nitrogen and oxygen atoms in total. The van der Waals surface area contributed by atoms with Gasteiger partial charge in [0.15, 0.2) is 0 Å². The molecule has 2 aromatic carbocycles. The van der Waals surface area contributed by atoms with Gasteiger partial charge in [-0.05, 0) is 75.2 Å². The minimum absolute atomic E-state index is 0.00854. The average molecular weight is 528 g/mol. The number of carbonyl (C=O) groups excluding carboxylic acids is 1. The predicted octanol–water partition coefficient (Wildman–Crippen LogP) is 4.29. The van der Waals surface area contributed by atoms with Gasteiger partial charge >= 0.3 is 6.03 Å². The lowest BCUT2D eigenvalue weighted by molar-refractivity contribution is 0.256. The predicted molar refractivity (Wildman–Crippen MR) is 137 cm³/mol. The van der Waals surface area contributed by atoms with E-state index in [1.54, 1.807) is 38.1 Å². The third-order valence-electron chi connectivity index (χ3n) is 5.64. The first-order valence-corrected chi connectivity index (χ1v) is 13.4. The third-order valence-corrected chi connectivity index (χ3v) is 8.46. The number of benzene rings is 2. The van der Waals surface area contributed by atoms with E-state index in [2.05, 4.69) is 15.6 Å². The zero-order chi connectivity index (χ0) is 25.6. The molecule has 0 saturated heterocycles. The molecule has 4 aromatic rings. The van der Waals surface area contributed by atoms with E-state index in [4.69, 9.17) is 0 Å². The van der Waals surface area contributed by atoms with Crippen molar-refractivity contribution in [2.75, 3.05) is 10.6 Å². The fraction of sp³-hybridized carbons (Fsp3) is 0.208. The lowest BCUT2D eigenvalue weighted by Crippen LogP contribution is -2.34. The number of nitrogens with one attached hydrogen (secondary N) is 3. The van der Waals surface area contributed by atoms with Gasteiger partial charge in [0.1, 0.15) is 15.9 Å². The van der Waals surface area contributed by atoms with Crippen LogP contribution in [0.2, 0.25) is 0 Å². The van der Waals surface area contributed by atoms with Crippen LogP contribution < -0.4 is 20.9 Å². The first-order chi connectivity index (χ1) is 17.1. The first-order valence-electron chi connectivity index (χ1n) is 11.1. The summed E-state index contributed by atoms with van der Waals surface area (Å²) in [7, 11) is -4.05. The van der Waals surface area contributed by atoms with E-state index < -0.39 is 27.4 Å². The molecule has 36 heavy (non-hydrogen) atoms. The van der Waals surface area contributed by atoms with Crippen LogP contribution in [-0.4, -0.2) is 30.0 Å². The van der Waals surface area contributed by atoms with Crippen LogP contribution in [0.15, 0.2) is 57.5 Å². The van der Waals surface area contributed by atoms with Crippen molar-refractivity contribution in [3.8, 4) is 5.69 Å². The summed E-state index contributed by atoms with van der Waals surface area (Å²) in [6, 6.07) is 11.4. The second kappa shape index (κ2) is 9.03. The number of nitrogens with zero attached hydrogens (tertiary/aromatic N) is 2. The van der Waals surface area contributed by atoms with Gasteiger partial charge in [0, 0.05) is 22.3 Å². The van der Waals surface area contributed by atoms with E-state index in [0.717, 1.165) is 40.8 Å². The molecule has 1 saturated carbocycles. The van der Waals surface area contributed by atoms with E-state index in [-0.39, 0.29) is 15.6 Å². The largest absolute Gasteiger partial charge is 0.382 e. The summed E-state index contributed by atoms with van der Waals surface area (Å²) < 4.78 is 42.8. The molecule has 3 N–H and O–H groups in total. The fourth-order valence-corrected chi connectivity index (χ4v) is 5.98. The Morgan fingerprint density at radius 2 is 1.83 bits per heavy atom. The number of amides is 2. The number of carbonyl (C=O) groups is 1. The van der Waals surface area contributed by atoms with Crippen molar-refractivity contribution < 1.29 is 17.6 Å². The molecule has 0 radical (unpaired) electrons. The Kier molecular flexibility index (Phi) is 6.00. The highest BCUT2D eigenvalue weighted by Gasteiger charge is 2.22. The van der Waals surface area contributed by atoms with Crippen LogP contribution in [0.3, 0.4) is 0 Å². The van der Waals surface area contributed by atoms with Gasteiger partial charge in [-0.1, -0.05) is 0 Å². The van der Waals surface area contributed by atoms with E-state index in [9.17, 15) is 18.0 Å². The van der Waals surface area contributed by atoms with E-state index >= 15 is 4.39 Å². The average Bonchev–Trinajstić information content (AvgIpc) is 3.50. The smallest absolute Gasteiger partial charge is 0.333 e. The van der Waals surface area contributed by atoms with Crippen LogP contribution in [0.25, 0.3) is 16.6 Å². The van der Waals surface area contributed by atoms with Crippen molar-refractivity contribution in [2.45, 2.75) is 36.9 Å². The summed E-state index contributed by atoms with van der Waals surface area (Å²) in [5.74, 6) is -0.492. The van der Waals surface area contributed by atoms with Crippen molar-refractivity contribution in [1.82, 2.24) is 14.3 Å². The van der Waals surface area contributed by atoms with E-state index in [1.165, 1.54) is 22.8 Å². The van der Waals surface area contributed by atoms with Crippen molar-refractivity contribution in [3.63, 3.8) is 0 Å². The maximum atomic E-state index is 15.1. The van der Waals surface area contributed by atoms with Crippen molar-refractivity contribution >= 4 is 49.7 Å². The molecule has 186 valence electrons. The normalized spacial score (nSPS) is 13.5. The third kappa shape index (κ3) is 4.82. The Morgan fingerprint density at radius 3 is 2.50 bits per heavy atom. The minimum atomic E-state index is -4.05. The molecule has 1 aliphatic carbocycles. The molecule has 5 rings (SSSR count). The molecule has 1 fully saturated rings. The summed E-state index contributed by atoms with van der Waals surface area (Å²) in [4.78, 5) is 30.7. The molecule has 2 heterocycles. The fourth-order valence-electron chi connectivity index (χ4n) is 3.79. The van der Waals surface area contributed by atoms with Crippen LogP contribution in [0.4, 0.5) is 20.6 Å². The number of aromatic nitrogens is 2. The van der Waals surface area contributed by atoms with Gasteiger partial charge in [0.25, 0.3) is 15.6 Å². The number of hydrogen-bond donors (Lipinski definition) is 3. The number of rotatable bonds is 6. The lowest BCUT2D eigenvalue weighted by Gasteiger charge is -2.14. The number of halogens is 1. The molecule has 0 atom stereocenters. The SMILES string of the molecule is Cc1ccc(S(=O)(=O)NC(=O)Nc2ccc(-n3c(C)nc4cc(NC5CC5)ccc4c3=O)c(F)c2)s1. The summed E-state index contributed by atoms with van der Waals surface area (Å²) in [5.41, 5.74) is 0.938. The number of urea groups is 1. The topological polar surface area (TPSA) is 122 Å². The number of thiophene rings is 1. The number of hydrogen-bond acceptors (Lipinski definition) is 7. The van der Waals surface area contributed by atoms with Crippen LogP contribution in [0, 0.1) is 19.7 Å². The molecular weight excluding hydrogens is 505 g/mol. The standard InChI is InChI=1S/C24H22FN5O4S2/c1-13-3-10-22(35-13)36(33,34)29-24(32)28-16-7-9-21(19(25)11-16)30-14(2)26-20-12-17(27-15-4-5-15)6-8-18(20)23(30)31/h3,6-12,15,27H,4-5H2,1-2H3,(H2,28,29,32). The molecule has 2 aromatic heterocycles. The number of aryl methyl sites for hydroxylation is 2. The van der Waals surface area contributed by atoms with Gasteiger partial charge in [-0.15, -0.1) is 11.3 Å². The highest BCUT2D eigenvalue weighted by atomic mass is 32.2. The monoisotopic (exact) mass is 527 g/mol. The minimum Gasteiger partial charge on any atom is -0.382 e. The van der Waals surface area contributed by atoms with Gasteiger partial charge in [0.05, 0.1) is 16.6 Å². The van der Waals surface area contributed by atoms with Crippen molar-refractivity contribution in [1.29, 1.82) is 0 Å². The van der Waals surface area contributed by atoms with Crippen LogP contribution in [-0.2, 0) is 10.0 Å². The Morgan fingerprint density at radius 1 is 1.08 bits per heavy atom. The zero-order valence-corrected chi connectivity index (χ0v) is 21.0. The van der Waals surface area contributed by atoms with Crippen LogP contribution in [0.1, 0.15) is 23.5 Å². The second-order valence-electron chi connectivity index (χ2n) is 8.54. The van der Waals surface area contributed by atoms with Crippen molar-refractivity contribution in [2.24, 2.45) is 0 Å². The molecule has 1 aliphatic rings. The Hall–Kier alpha value is -3.77. The van der Waals surface area contributed by atoms with E-state index in [1.807, 2.05) is 4.72 Å². The first kappa shape index (κ1) is 23.9. The maximum absolute atomic E-state index is 15.1. The number of anilines is 2. The molecule has 0 unspecified atom stereocenters.